The van der Waals surface area contributed by atoms with E-state index in [0.29, 0.717) is 31.7 Å². The van der Waals surface area contributed by atoms with Crippen molar-refractivity contribution >= 4 is 39.6 Å². The second-order valence-electron chi connectivity index (χ2n) is 10.1. The van der Waals surface area contributed by atoms with E-state index in [1.54, 1.807) is 11.9 Å². The summed E-state index contributed by atoms with van der Waals surface area (Å²) in [6.45, 7) is 7.57. The molecule has 1 aliphatic heterocycles. The van der Waals surface area contributed by atoms with Gasteiger partial charge in [-0.1, -0.05) is 30.0 Å². The first-order valence-corrected chi connectivity index (χ1v) is 14.2. The van der Waals surface area contributed by atoms with Crippen molar-refractivity contribution in [2.24, 2.45) is 0 Å². The summed E-state index contributed by atoms with van der Waals surface area (Å²) in [6.07, 6.45) is -0.259. The largest absolute Gasteiger partial charge is 0.759 e. The van der Waals surface area contributed by atoms with Crippen LogP contribution < -0.4 is 10.2 Å². The molecule has 0 saturated carbocycles. The fourth-order valence-corrected chi connectivity index (χ4v) is 5.51. The molecule has 2 atom stereocenters. The van der Waals surface area contributed by atoms with Crippen molar-refractivity contribution in [3.63, 3.8) is 0 Å². The predicted molar refractivity (Wildman–Crippen MR) is 155 cm³/mol. The number of amides is 1. The molecule has 3 aromatic rings. The number of carbonyl (C=O) groups excluding carboxylic acids is 1. The molecule has 210 valence electrons. The summed E-state index contributed by atoms with van der Waals surface area (Å²) < 4.78 is 24.7. The van der Waals surface area contributed by atoms with Gasteiger partial charge in [-0.05, 0) is 74.0 Å². The Hall–Kier alpha value is -3.75. The van der Waals surface area contributed by atoms with Crippen LogP contribution in [0.4, 0.5) is 5.69 Å². The molecule has 1 fully saturated rings. The molecule has 0 aliphatic carbocycles. The highest BCUT2D eigenvalue weighted by Gasteiger charge is 2.28. The van der Waals surface area contributed by atoms with Crippen LogP contribution in [0, 0.1) is 11.8 Å². The second kappa shape index (κ2) is 13.1. The van der Waals surface area contributed by atoms with Gasteiger partial charge in [-0.25, -0.2) is 5.01 Å². The van der Waals surface area contributed by atoms with Crippen LogP contribution in [0.5, 0.6) is 0 Å². The van der Waals surface area contributed by atoms with E-state index >= 15 is 0 Å². The van der Waals surface area contributed by atoms with Crippen molar-refractivity contribution in [2.75, 3.05) is 31.1 Å². The molecule has 0 spiro atoms. The van der Waals surface area contributed by atoms with Gasteiger partial charge in [0.05, 0.1) is 6.42 Å². The average Bonchev–Trinajstić information content (AvgIpc) is 2.91. The average molecular weight is 562 g/mol. The van der Waals surface area contributed by atoms with Gasteiger partial charge in [0.2, 0.25) is 0 Å². The third kappa shape index (κ3) is 7.25. The van der Waals surface area contributed by atoms with Gasteiger partial charge in [0.1, 0.15) is 0 Å². The Morgan fingerprint density at radius 1 is 1.00 bits per heavy atom. The number of hydrogen-bond acceptors (Lipinski definition) is 6. The third-order valence-corrected chi connectivity index (χ3v) is 7.56. The van der Waals surface area contributed by atoms with Crippen molar-refractivity contribution in [3.05, 3.63) is 77.4 Å². The van der Waals surface area contributed by atoms with E-state index in [4.69, 9.17) is 5.11 Å². The number of hydrazine groups is 1. The predicted octanol–water partition coefficient (Wildman–Crippen LogP) is 3.37. The van der Waals surface area contributed by atoms with Gasteiger partial charge >= 0.3 is 5.97 Å². The first kappa shape index (κ1) is 29.2. The zero-order valence-corrected chi connectivity index (χ0v) is 23.6. The molecule has 1 amide bonds. The van der Waals surface area contributed by atoms with E-state index in [9.17, 15) is 18.4 Å². The van der Waals surface area contributed by atoms with Crippen LogP contribution in [0.15, 0.2) is 60.7 Å². The highest BCUT2D eigenvalue weighted by molar-refractivity contribution is 7.76. The van der Waals surface area contributed by atoms with Crippen LogP contribution in [0.1, 0.15) is 48.7 Å². The van der Waals surface area contributed by atoms with Crippen LogP contribution in [-0.2, 0) is 16.1 Å². The standard InChI is InChI=1S/C30H34N4O5S/c1-21(2)31-30(37)27-6-4-5-25-12-9-24(20-28(25)27)8-7-23-10-13-26(14-11-23)32-15-17-33(18-16-32)34(40(38)39)22(3)19-29(35)36/h4-6,9-14,20-22H,15-19H2,1-3H3,(H,31,37)(H,35,36)(H,38,39)/p-1. The number of rotatable bonds is 8. The summed E-state index contributed by atoms with van der Waals surface area (Å²) in [5, 5.41) is 15.5. The first-order valence-electron chi connectivity index (χ1n) is 13.2. The minimum absolute atomic E-state index is 0.0446. The van der Waals surface area contributed by atoms with Crippen molar-refractivity contribution < 1.29 is 23.5 Å². The number of carboxylic acids is 1. The van der Waals surface area contributed by atoms with Gasteiger partial charge in [-0.15, -0.1) is 0 Å². The molecule has 0 radical (unpaired) electrons. The molecule has 1 saturated heterocycles. The van der Waals surface area contributed by atoms with E-state index in [-0.39, 0.29) is 18.4 Å². The molecule has 2 unspecified atom stereocenters. The van der Waals surface area contributed by atoms with Gasteiger partial charge in [0, 0.05) is 71.9 Å². The molecule has 0 aromatic heterocycles. The Balaban J connectivity index is 1.43. The van der Waals surface area contributed by atoms with Crippen molar-refractivity contribution in [2.45, 2.75) is 39.3 Å². The molecule has 40 heavy (non-hydrogen) atoms. The van der Waals surface area contributed by atoms with Crippen molar-refractivity contribution in [1.82, 2.24) is 14.7 Å². The molecule has 9 nitrogen and oxygen atoms in total. The summed E-state index contributed by atoms with van der Waals surface area (Å²) in [5.41, 5.74) is 3.30. The van der Waals surface area contributed by atoms with Gasteiger partial charge in [-0.2, -0.15) is 4.41 Å². The smallest absolute Gasteiger partial charge is 0.305 e. The maximum atomic E-state index is 12.7. The Morgan fingerprint density at radius 2 is 1.65 bits per heavy atom. The Kier molecular flexibility index (Phi) is 9.55. The van der Waals surface area contributed by atoms with Gasteiger partial charge in [0.15, 0.2) is 0 Å². The van der Waals surface area contributed by atoms with Crippen LogP contribution >= 0.6 is 0 Å². The lowest BCUT2D eigenvalue weighted by Gasteiger charge is -2.44. The number of anilines is 1. The van der Waals surface area contributed by atoms with E-state index in [0.717, 1.165) is 32.0 Å². The zero-order valence-electron chi connectivity index (χ0n) is 22.8. The normalized spacial score (nSPS) is 15.5. The van der Waals surface area contributed by atoms with Gasteiger partial charge in [-0.3, -0.25) is 13.8 Å². The second-order valence-corrected chi connectivity index (χ2v) is 10.9. The van der Waals surface area contributed by atoms with E-state index in [1.165, 1.54) is 0 Å². The number of carboxylic acid groups (broad SMARTS) is 1. The maximum Gasteiger partial charge on any atom is 0.305 e. The number of benzene rings is 3. The Morgan fingerprint density at radius 3 is 2.27 bits per heavy atom. The third-order valence-electron chi connectivity index (χ3n) is 6.66. The number of aliphatic carboxylic acids is 1. The summed E-state index contributed by atoms with van der Waals surface area (Å²) in [7, 11) is 0. The molecular weight excluding hydrogens is 528 g/mol. The van der Waals surface area contributed by atoms with E-state index < -0.39 is 23.3 Å². The van der Waals surface area contributed by atoms with Gasteiger partial charge < -0.3 is 19.9 Å². The lowest BCUT2D eigenvalue weighted by Crippen LogP contribution is -2.57. The molecule has 3 aromatic carbocycles. The van der Waals surface area contributed by atoms with E-state index in [1.807, 2.05) is 74.5 Å². The summed E-state index contributed by atoms with van der Waals surface area (Å²) >= 11 is -2.55. The Bertz CT molecular complexity index is 1460. The highest BCUT2D eigenvalue weighted by atomic mass is 32.2. The summed E-state index contributed by atoms with van der Waals surface area (Å²) in [4.78, 5) is 25.9. The van der Waals surface area contributed by atoms with Crippen LogP contribution in [0.3, 0.4) is 0 Å². The maximum absolute atomic E-state index is 12.7. The molecule has 10 heteroatoms. The zero-order chi connectivity index (χ0) is 28.8. The molecule has 2 N–H and O–H groups in total. The highest BCUT2D eigenvalue weighted by Crippen LogP contribution is 2.22. The lowest BCUT2D eigenvalue weighted by atomic mass is 10.0. The minimum Gasteiger partial charge on any atom is -0.759 e. The van der Waals surface area contributed by atoms with Crippen molar-refractivity contribution in [1.29, 1.82) is 0 Å². The minimum atomic E-state index is -2.55. The summed E-state index contributed by atoms with van der Waals surface area (Å²) in [5.74, 6) is 5.26. The van der Waals surface area contributed by atoms with E-state index in [2.05, 4.69) is 22.1 Å². The number of fused-ring (bicyclic) bond motifs is 1. The molecular formula is C30H33N4O5S-. The number of nitrogens with one attached hydrogen (secondary N) is 1. The first-order chi connectivity index (χ1) is 19.1. The molecule has 0 bridgehead atoms. The number of hydrogen-bond donors (Lipinski definition) is 2. The lowest BCUT2D eigenvalue weighted by molar-refractivity contribution is -0.139. The quantitative estimate of drug-likeness (QED) is 0.320. The number of nitrogens with zero attached hydrogens (tertiary/aromatic N) is 3. The van der Waals surface area contributed by atoms with Crippen LogP contribution in [-0.4, -0.2) is 73.4 Å². The monoisotopic (exact) mass is 561 g/mol. The fraction of sp³-hybridized carbons (Fsp3) is 0.333. The van der Waals surface area contributed by atoms with Crippen LogP contribution in [0.25, 0.3) is 10.8 Å². The molecule has 1 heterocycles. The number of carbonyl (C=O) groups is 2. The number of piperazine rings is 1. The van der Waals surface area contributed by atoms with Crippen molar-refractivity contribution in [3.8, 4) is 11.8 Å². The summed E-state index contributed by atoms with van der Waals surface area (Å²) in [6, 6.07) is 18.8. The Labute approximate surface area is 237 Å². The van der Waals surface area contributed by atoms with Gasteiger partial charge in [0.25, 0.3) is 5.91 Å². The topological polar surface area (TPSA) is 116 Å². The fourth-order valence-electron chi connectivity index (χ4n) is 4.79. The SMILES string of the molecule is CC(C)NC(=O)c1cccc2ccc(C#Cc3ccc(N4CCN(N(C(C)CC(=O)O)S(=O)[O-])CC4)cc3)cc12. The van der Waals surface area contributed by atoms with Crippen LogP contribution in [0.2, 0.25) is 0 Å². The molecule has 1 aliphatic rings. The molecule has 4 rings (SSSR count).